The van der Waals surface area contributed by atoms with Crippen LogP contribution in [0.3, 0.4) is 0 Å². The molecule has 0 aromatic carbocycles. The van der Waals surface area contributed by atoms with Crippen molar-refractivity contribution in [3.05, 3.63) is 18.3 Å². The van der Waals surface area contributed by atoms with Gasteiger partial charge in [0.05, 0.1) is 19.1 Å². The second-order valence-electron chi connectivity index (χ2n) is 4.98. The van der Waals surface area contributed by atoms with E-state index in [1.54, 1.807) is 25.4 Å². The molecule has 1 aromatic rings. The Kier molecular flexibility index (Phi) is 4.92. The minimum absolute atomic E-state index is 0.0350. The number of pyridine rings is 1. The molecule has 0 aliphatic carbocycles. The van der Waals surface area contributed by atoms with Gasteiger partial charge in [-0.2, -0.15) is 0 Å². The van der Waals surface area contributed by atoms with Crippen LogP contribution in [0.15, 0.2) is 18.3 Å². The van der Waals surface area contributed by atoms with E-state index in [0.717, 1.165) is 25.9 Å². The summed E-state index contributed by atoms with van der Waals surface area (Å²) in [7, 11) is 3.16. The Morgan fingerprint density at radius 3 is 2.85 bits per heavy atom. The molecule has 1 aliphatic heterocycles. The molecule has 1 fully saturated rings. The fourth-order valence-corrected chi connectivity index (χ4v) is 2.52. The number of anilines is 1. The minimum atomic E-state index is -0.485. The number of carbonyl (C=O) groups is 1. The molecule has 0 radical (unpaired) electrons. The number of ether oxygens (including phenoxy) is 2. The zero-order valence-corrected chi connectivity index (χ0v) is 11.9. The minimum Gasteiger partial charge on any atom is -0.480 e. The number of rotatable bonds is 5. The standard InChI is InChI=1S/C14H21N3O3/c1-19-10-14(5-8-15-9-6-14)13(18)17-11-4-3-7-16-12(11)20-2/h3-4,7,15H,5-6,8-10H2,1-2H3,(H,17,18). The van der Waals surface area contributed by atoms with Crippen molar-refractivity contribution in [2.24, 2.45) is 5.41 Å². The van der Waals surface area contributed by atoms with Crippen molar-refractivity contribution >= 4 is 11.6 Å². The molecular weight excluding hydrogens is 258 g/mol. The summed E-state index contributed by atoms with van der Waals surface area (Å²) in [5, 5.41) is 6.19. The van der Waals surface area contributed by atoms with Crippen LogP contribution in [-0.2, 0) is 9.53 Å². The molecule has 1 aliphatic rings. The normalized spacial score (nSPS) is 17.5. The van der Waals surface area contributed by atoms with Crippen LogP contribution in [0.25, 0.3) is 0 Å². The summed E-state index contributed by atoms with van der Waals surface area (Å²) >= 11 is 0. The smallest absolute Gasteiger partial charge is 0.237 e. The molecule has 110 valence electrons. The predicted octanol–water partition coefficient (Wildman–Crippen LogP) is 1.04. The lowest BCUT2D eigenvalue weighted by Gasteiger charge is -2.35. The van der Waals surface area contributed by atoms with E-state index in [2.05, 4.69) is 15.6 Å². The van der Waals surface area contributed by atoms with Crippen molar-refractivity contribution in [2.45, 2.75) is 12.8 Å². The maximum absolute atomic E-state index is 12.6. The number of aromatic nitrogens is 1. The molecular formula is C14H21N3O3. The van der Waals surface area contributed by atoms with Crippen molar-refractivity contribution in [2.75, 3.05) is 39.2 Å². The first-order chi connectivity index (χ1) is 9.72. The van der Waals surface area contributed by atoms with Crippen LogP contribution < -0.4 is 15.4 Å². The SMILES string of the molecule is COCC1(C(=O)Nc2cccnc2OC)CCNCC1. The highest BCUT2D eigenvalue weighted by Crippen LogP contribution is 2.32. The summed E-state index contributed by atoms with van der Waals surface area (Å²) in [5.74, 6) is 0.384. The van der Waals surface area contributed by atoms with Crippen LogP contribution in [0.1, 0.15) is 12.8 Å². The van der Waals surface area contributed by atoms with E-state index >= 15 is 0 Å². The van der Waals surface area contributed by atoms with Gasteiger partial charge < -0.3 is 20.1 Å². The number of carbonyl (C=O) groups excluding carboxylic acids is 1. The maximum atomic E-state index is 12.6. The van der Waals surface area contributed by atoms with Crippen molar-refractivity contribution in [3.8, 4) is 5.88 Å². The van der Waals surface area contributed by atoms with Crippen LogP contribution in [0.2, 0.25) is 0 Å². The highest BCUT2D eigenvalue weighted by atomic mass is 16.5. The Labute approximate surface area is 118 Å². The summed E-state index contributed by atoms with van der Waals surface area (Å²) in [6, 6.07) is 3.55. The van der Waals surface area contributed by atoms with E-state index in [-0.39, 0.29) is 5.91 Å². The van der Waals surface area contributed by atoms with Gasteiger partial charge in [0.1, 0.15) is 5.69 Å². The first-order valence-electron chi connectivity index (χ1n) is 6.72. The Balaban J connectivity index is 2.16. The van der Waals surface area contributed by atoms with E-state index in [9.17, 15) is 4.79 Å². The third-order valence-corrected chi connectivity index (χ3v) is 3.68. The van der Waals surface area contributed by atoms with Crippen LogP contribution >= 0.6 is 0 Å². The predicted molar refractivity (Wildman–Crippen MR) is 75.8 cm³/mol. The molecule has 20 heavy (non-hydrogen) atoms. The second kappa shape index (κ2) is 6.67. The van der Waals surface area contributed by atoms with Gasteiger partial charge >= 0.3 is 0 Å². The quantitative estimate of drug-likeness (QED) is 0.842. The number of hydrogen-bond acceptors (Lipinski definition) is 5. The molecule has 0 spiro atoms. The van der Waals surface area contributed by atoms with Crippen molar-refractivity contribution in [3.63, 3.8) is 0 Å². The third kappa shape index (κ3) is 3.08. The van der Waals surface area contributed by atoms with Gasteiger partial charge in [-0.3, -0.25) is 4.79 Å². The molecule has 1 amide bonds. The number of nitrogens with zero attached hydrogens (tertiary/aromatic N) is 1. The Hall–Kier alpha value is -1.66. The van der Waals surface area contributed by atoms with Gasteiger partial charge in [0.15, 0.2) is 0 Å². The highest BCUT2D eigenvalue weighted by molar-refractivity contribution is 5.96. The van der Waals surface area contributed by atoms with Gasteiger partial charge in [0.25, 0.3) is 0 Å². The summed E-state index contributed by atoms with van der Waals surface area (Å²) in [4.78, 5) is 16.7. The zero-order chi connectivity index (χ0) is 14.4. The molecule has 2 N–H and O–H groups in total. The van der Waals surface area contributed by atoms with Crippen LogP contribution in [0, 0.1) is 5.41 Å². The number of methoxy groups -OCH3 is 2. The van der Waals surface area contributed by atoms with Gasteiger partial charge in [-0.15, -0.1) is 0 Å². The van der Waals surface area contributed by atoms with Crippen molar-refractivity contribution in [1.82, 2.24) is 10.3 Å². The van der Waals surface area contributed by atoms with Crippen LogP contribution in [0.5, 0.6) is 5.88 Å². The van der Waals surface area contributed by atoms with Gasteiger partial charge in [-0.1, -0.05) is 0 Å². The first-order valence-corrected chi connectivity index (χ1v) is 6.72. The van der Waals surface area contributed by atoms with Crippen LogP contribution in [0.4, 0.5) is 5.69 Å². The topological polar surface area (TPSA) is 72.5 Å². The average Bonchev–Trinajstić information content (AvgIpc) is 2.49. The lowest BCUT2D eigenvalue weighted by Crippen LogP contribution is -2.47. The molecule has 6 heteroatoms. The summed E-state index contributed by atoms with van der Waals surface area (Å²) in [6.07, 6.45) is 3.15. The monoisotopic (exact) mass is 279 g/mol. The van der Waals surface area contributed by atoms with Gasteiger partial charge in [0, 0.05) is 13.3 Å². The molecule has 1 aromatic heterocycles. The fourth-order valence-electron chi connectivity index (χ4n) is 2.52. The molecule has 6 nitrogen and oxygen atoms in total. The molecule has 0 saturated carbocycles. The summed E-state index contributed by atoms with van der Waals surface area (Å²) in [5.41, 5.74) is 0.106. The molecule has 2 heterocycles. The Bertz CT molecular complexity index is 453. The maximum Gasteiger partial charge on any atom is 0.237 e. The lowest BCUT2D eigenvalue weighted by molar-refractivity contribution is -0.130. The molecule has 0 atom stereocenters. The van der Waals surface area contributed by atoms with E-state index < -0.39 is 5.41 Å². The average molecular weight is 279 g/mol. The van der Waals surface area contributed by atoms with Crippen LogP contribution in [-0.4, -0.2) is 44.8 Å². The number of hydrogen-bond donors (Lipinski definition) is 2. The fraction of sp³-hybridized carbons (Fsp3) is 0.571. The second-order valence-corrected chi connectivity index (χ2v) is 4.98. The lowest BCUT2D eigenvalue weighted by atomic mass is 9.78. The highest BCUT2D eigenvalue weighted by Gasteiger charge is 2.39. The third-order valence-electron chi connectivity index (χ3n) is 3.68. The van der Waals surface area contributed by atoms with Gasteiger partial charge in [-0.25, -0.2) is 4.98 Å². The Morgan fingerprint density at radius 2 is 2.20 bits per heavy atom. The number of piperidine rings is 1. The molecule has 0 unspecified atom stereocenters. The zero-order valence-electron chi connectivity index (χ0n) is 11.9. The summed E-state index contributed by atoms with van der Waals surface area (Å²) < 4.78 is 10.4. The number of nitrogens with one attached hydrogen (secondary N) is 2. The van der Waals surface area contributed by atoms with E-state index in [0.29, 0.717) is 18.2 Å². The molecule has 2 rings (SSSR count). The Morgan fingerprint density at radius 1 is 1.45 bits per heavy atom. The van der Waals surface area contributed by atoms with E-state index in [1.807, 2.05) is 0 Å². The molecule has 0 bridgehead atoms. The van der Waals surface area contributed by atoms with Crippen molar-refractivity contribution in [1.29, 1.82) is 0 Å². The summed E-state index contributed by atoms with van der Waals surface area (Å²) in [6.45, 7) is 2.06. The van der Waals surface area contributed by atoms with Gasteiger partial charge in [-0.05, 0) is 38.1 Å². The largest absolute Gasteiger partial charge is 0.480 e. The molecule has 1 saturated heterocycles. The van der Waals surface area contributed by atoms with E-state index in [4.69, 9.17) is 9.47 Å². The first kappa shape index (κ1) is 14.7. The van der Waals surface area contributed by atoms with E-state index in [1.165, 1.54) is 7.11 Å². The van der Waals surface area contributed by atoms with Crippen molar-refractivity contribution < 1.29 is 14.3 Å². The number of amides is 1. The van der Waals surface area contributed by atoms with Gasteiger partial charge in [0.2, 0.25) is 11.8 Å².